The van der Waals surface area contributed by atoms with Gasteiger partial charge >= 0.3 is 12.2 Å². The van der Waals surface area contributed by atoms with Gasteiger partial charge in [-0.2, -0.15) is 13.2 Å². The molecule has 1 fully saturated rings. The van der Waals surface area contributed by atoms with Crippen molar-refractivity contribution in [2.45, 2.75) is 36.8 Å². The lowest BCUT2D eigenvalue weighted by atomic mass is 9.85. The molecule has 3 amide bonds. The van der Waals surface area contributed by atoms with Crippen LogP contribution >= 0.6 is 23.2 Å². The summed E-state index contributed by atoms with van der Waals surface area (Å²) in [5, 5.41) is 1.08. The van der Waals surface area contributed by atoms with Gasteiger partial charge < -0.3 is 16.0 Å². The smallest absolute Gasteiger partial charge is 0.352 e. The summed E-state index contributed by atoms with van der Waals surface area (Å²) < 4.78 is 71.8. The Balaban J connectivity index is 1.56. The first-order valence-corrected chi connectivity index (χ1v) is 11.8. The number of carbonyl (C=O) groups excluding carboxylic acids is 2. The van der Waals surface area contributed by atoms with E-state index in [4.69, 9.17) is 33.8 Å². The predicted octanol–water partition coefficient (Wildman–Crippen LogP) is 4.92. The number of hydroxylamine groups is 1. The molecule has 0 radical (unpaired) electrons. The van der Waals surface area contributed by atoms with Crippen LogP contribution in [0.5, 0.6) is 0 Å². The van der Waals surface area contributed by atoms with Gasteiger partial charge in [0.05, 0.1) is 28.8 Å². The normalized spacial score (nSPS) is 20.9. The van der Waals surface area contributed by atoms with Crippen LogP contribution in [0.1, 0.15) is 30.5 Å². The van der Waals surface area contributed by atoms with Gasteiger partial charge in [-0.05, 0) is 43.2 Å². The van der Waals surface area contributed by atoms with Crippen LogP contribution in [-0.2, 0) is 20.9 Å². The van der Waals surface area contributed by atoms with Gasteiger partial charge in [-0.15, -0.1) is 0 Å². The second-order valence-electron chi connectivity index (χ2n) is 9.57. The van der Waals surface area contributed by atoms with Crippen molar-refractivity contribution < 1.29 is 36.4 Å². The Bertz CT molecular complexity index is 1300. The fraction of sp³-hybridized carbons (Fsp3) is 0.333. The molecule has 0 bridgehead atoms. The number of urea groups is 1. The number of primary amides is 1. The number of carbonyl (C=O) groups is 2. The summed E-state index contributed by atoms with van der Waals surface area (Å²) >= 11 is 11.4. The standard InChI is InChI=1S/C24H21Cl2F5N4O3/c1-21(2,33-20(32)37)19(36)35-10-22(28,11-35)13-5-3-12(4-6-13)17-9-23(38-34-17,24(29,30)31)14-7-15(25)18(27)16(26)8-14/h3-9,34H,10-11H2,1-2H3,(H3,32,33,37). The fourth-order valence-electron chi connectivity index (χ4n) is 4.35. The Morgan fingerprint density at radius 2 is 1.63 bits per heavy atom. The number of nitrogens with zero attached hydrogens (tertiary/aromatic N) is 1. The number of nitrogens with two attached hydrogens (primary N) is 1. The molecule has 38 heavy (non-hydrogen) atoms. The number of halogens is 7. The summed E-state index contributed by atoms with van der Waals surface area (Å²) in [4.78, 5) is 29.9. The monoisotopic (exact) mass is 578 g/mol. The van der Waals surface area contributed by atoms with E-state index >= 15 is 4.39 Å². The van der Waals surface area contributed by atoms with E-state index in [2.05, 4.69) is 10.8 Å². The van der Waals surface area contributed by atoms with Crippen LogP contribution in [0.25, 0.3) is 5.70 Å². The molecule has 204 valence electrons. The van der Waals surface area contributed by atoms with Crippen molar-refractivity contribution in [3.05, 3.63) is 75.0 Å². The Hall–Kier alpha value is -3.09. The maximum atomic E-state index is 15.5. The third kappa shape index (κ3) is 4.76. The summed E-state index contributed by atoms with van der Waals surface area (Å²) in [7, 11) is 0. The molecule has 2 heterocycles. The SMILES string of the molecule is CC(C)(NC(N)=O)C(=O)N1CC(F)(c2ccc(C3=CC(c4cc(Cl)c(F)c(Cl)c4)(C(F)(F)F)ON3)cc2)C1. The van der Waals surface area contributed by atoms with Gasteiger partial charge in [0.1, 0.15) is 5.54 Å². The maximum Gasteiger partial charge on any atom is 0.428 e. The van der Waals surface area contributed by atoms with Crippen molar-refractivity contribution >= 4 is 40.8 Å². The number of amides is 3. The average Bonchev–Trinajstić information content (AvgIpc) is 3.26. The van der Waals surface area contributed by atoms with Crippen LogP contribution < -0.4 is 16.5 Å². The van der Waals surface area contributed by atoms with Gasteiger partial charge in [0.25, 0.3) is 0 Å². The predicted molar refractivity (Wildman–Crippen MR) is 129 cm³/mol. The zero-order valence-electron chi connectivity index (χ0n) is 19.9. The maximum absolute atomic E-state index is 15.5. The largest absolute Gasteiger partial charge is 0.428 e. The Kier molecular flexibility index (Phi) is 6.82. The molecule has 0 saturated carbocycles. The highest BCUT2D eigenvalue weighted by Gasteiger charge is 2.60. The minimum Gasteiger partial charge on any atom is -0.352 e. The molecule has 2 aliphatic heterocycles. The summed E-state index contributed by atoms with van der Waals surface area (Å²) in [6, 6.07) is 6.19. The van der Waals surface area contributed by atoms with Gasteiger partial charge in [-0.25, -0.2) is 13.6 Å². The zero-order valence-corrected chi connectivity index (χ0v) is 21.4. The lowest BCUT2D eigenvalue weighted by molar-refractivity contribution is -0.269. The molecule has 4 rings (SSSR count). The minimum absolute atomic E-state index is 0.0805. The third-order valence-electron chi connectivity index (χ3n) is 6.36. The molecular formula is C24H21Cl2F5N4O3. The number of rotatable bonds is 5. The lowest BCUT2D eigenvalue weighted by Crippen LogP contribution is -2.66. The van der Waals surface area contributed by atoms with E-state index in [1.165, 1.54) is 43.0 Å². The molecule has 2 aliphatic rings. The molecule has 0 aliphatic carbocycles. The first-order valence-electron chi connectivity index (χ1n) is 11.0. The highest BCUT2D eigenvalue weighted by Crippen LogP contribution is 2.49. The number of nitrogens with one attached hydrogen (secondary N) is 2. The van der Waals surface area contributed by atoms with E-state index in [-0.39, 0.29) is 29.9 Å². The van der Waals surface area contributed by atoms with Crippen molar-refractivity contribution in [3.63, 3.8) is 0 Å². The fourth-order valence-corrected chi connectivity index (χ4v) is 4.83. The van der Waals surface area contributed by atoms with Gasteiger partial charge in [0, 0.05) is 5.56 Å². The van der Waals surface area contributed by atoms with E-state index in [1.807, 2.05) is 0 Å². The van der Waals surface area contributed by atoms with Gasteiger partial charge in [-0.3, -0.25) is 15.1 Å². The first-order chi connectivity index (χ1) is 17.5. The molecule has 1 atom stereocenters. The van der Waals surface area contributed by atoms with E-state index in [0.717, 1.165) is 18.2 Å². The van der Waals surface area contributed by atoms with Crippen LogP contribution in [0.15, 0.2) is 42.5 Å². The Morgan fingerprint density at radius 1 is 1.08 bits per heavy atom. The Morgan fingerprint density at radius 3 is 2.13 bits per heavy atom. The molecule has 7 nitrogen and oxygen atoms in total. The molecular weight excluding hydrogens is 558 g/mol. The number of hydrogen-bond donors (Lipinski definition) is 3. The molecule has 2 aromatic carbocycles. The van der Waals surface area contributed by atoms with Crippen molar-refractivity contribution in [2.75, 3.05) is 13.1 Å². The van der Waals surface area contributed by atoms with Crippen molar-refractivity contribution in [3.8, 4) is 0 Å². The average molecular weight is 579 g/mol. The second kappa shape index (κ2) is 9.28. The minimum atomic E-state index is -4.99. The molecule has 1 saturated heterocycles. The molecule has 0 spiro atoms. The van der Waals surface area contributed by atoms with E-state index in [0.29, 0.717) is 0 Å². The zero-order chi connectivity index (χ0) is 28.3. The number of likely N-dealkylation sites (tertiary alicyclic amines) is 1. The van der Waals surface area contributed by atoms with Crippen LogP contribution in [0.3, 0.4) is 0 Å². The van der Waals surface area contributed by atoms with Crippen LogP contribution in [0.2, 0.25) is 10.0 Å². The lowest BCUT2D eigenvalue weighted by Gasteiger charge is -2.47. The van der Waals surface area contributed by atoms with Gasteiger partial charge in [-0.1, -0.05) is 47.5 Å². The molecule has 2 aromatic rings. The molecule has 14 heteroatoms. The summed E-state index contributed by atoms with van der Waals surface area (Å²) in [6.45, 7) is 2.30. The molecule has 1 unspecified atom stereocenters. The first kappa shape index (κ1) is 27.9. The Labute approximate surface area is 223 Å². The molecule has 0 aromatic heterocycles. The highest BCUT2D eigenvalue weighted by molar-refractivity contribution is 6.35. The van der Waals surface area contributed by atoms with Crippen LogP contribution in [0, 0.1) is 5.82 Å². The quantitative estimate of drug-likeness (QED) is 0.346. The van der Waals surface area contributed by atoms with Crippen LogP contribution in [0.4, 0.5) is 26.7 Å². The second-order valence-corrected chi connectivity index (χ2v) is 10.4. The number of alkyl halides is 4. The topological polar surface area (TPSA) is 96.7 Å². The van der Waals surface area contributed by atoms with Gasteiger partial charge in [0.15, 0.2) is 11.5 Å². The van der Waals surface area contributed by atoms with Crippen molar-refractivity contribution in [1.82, 2.24) is 15.7 Å². The molecule has 4 N–H and O–H groups in total. The van der Waals surface area contributed by atoms with Crippen molar-refractivity contribution in [1.29, 1.82) is 0 Å². The number of benzene rings is 2. The van der Waals surface area contributed by atoms with Crippen LogP contribution in [-0.4, -0.2) is 41.6 Å². The summed E-state index contributed by atoms with van der Waals surface area (Å²) in [5.41, 5.74) is 0.864. The van der Waals surface area contributed by atoms with Crippen molar-refractivity contribution in [2.24, 2.45) is 5.73 Å². The summed E-state index contributed by atoms with van der Waals surface area (Å²) in [6.07, 6.45) is -4.24. The van der Waals surface area contributed by atoms with E-state index in [9.17, 15) is 27.2 Å². The third-order valence-corrected chi connectivity index (χ3v) is 6.91. The van der Waals surface area contributed by atoms with Gasteiger partial charge in [0.2, 0.25) is 11.5 Å². The number of hydrogen-bond acceptors (Lipinski definition) is 4. The highest BCUT2D eigenvalue weighted by atomic mass is 35.5. The van der Waals surface area contributed by atoms with E-state index < -0.39 is 56.3 Å². The summed E-state index contributed by atoms with van der Waals surface area (Å²) in [5.74, 6) is -1.59. The van der Waals surface area contributed by atoms with E-state index in [1.54, 1.807) is 0 Å².